The van der Waals surface area contributed by atoms with Crippen LogP contribution >= 0.6 is 24.0 Å². The lowest BCUT2D eigenvalue weighted by molar-refractivity contribution is 0.0954. The average Bonchev–Trinajstić information content (AvgIpc) is 3.05. The minimum absolute atomic E-state index is 0. The molecule has 134 valence electrons. The van der Waals surface area contributed by atoms with Crippen LogP contribution in [0.25, 0.3) is 0 Å². The van der Waals surface area contributed by atoms with Crippen molar-refractivity contribution in [3.63, 3.8) is 0 Å². The maximum Gasteiger partial charge on any atom is 0.252 e. The Bertz CT molecular complexity index is 525. The Morgan fingerprint density at radius 2 is 2.25 bits per heavy atom. The van der Waals surface area contributed by atoms with Gasteiger partial charge in [0.1, 0.15) is 0 Å². The van der Waals surface area contributed by atoms with Gasteiger partial charge >= 0.3 is 0 Å². The number of hydrogen-bond acceptors (Lipinski definition) is 4. The average molecular weight is 446 g/mol. The predicted molar refractivity (Wildman–Crippen MR) is 107 cm³/mol. The number of aliphatic imine (C=N–C) groups is 1. The van der Waals surface area contributed by atoms with E-state index in [2.05, 4.69) is 32.4 Å². The maximum absolute atomic E-state index is 11.8. The van der Waals surface area contributed by atoms with Crippen LogP contribution < -0.4 is 16.4 Å². The molecule has 1 fully saturated rings. The smallest absolute Gasteiger partial charge is 0.252 e. The van der Waals surface area contributed by atoms with Crippen LogP contribution in [-0.2, 0) is 0 Å². The Kier molecular flexibility index (Phi) is 9.62. The fraction of sp³-hybridized carbons (Fsp3) is 0.562. The molecule has 1 unspecified atom stereocenters. The van der Waals surface area contributed by atoms with Crippen molar-refractivity contribution < 1.29 is 4.79 Å². The molecule has 1 aliphatic heterocycles. The Morgan fingerprint density at radius 1 is 1.46 bits per heavy atom. The second kappa shape index (κ2) is 11.2. The van der Waals surface area contributed by atoms with E-state index in [1.807, 2.05) is 0 Å². The molecule has 24 heavy (non-hydrogen) atoms. The number of aromatic nitrogens is 1. The summed E-state index contributed by atoms with van der Waals surface area (Å²) in [5.74, 6) is 0.295. The third kappa shape index (κ3) is 6.60. The lowest BCUT2D eigenvalue weighted by Crippen LogP contribution is -2.39. The molecule has 0 aliphatic carbocycles. The van der Waals surface area contributed by atoms with Crippen LogP contribution in [0.1, 0.15) is 30.1 Å². The second-order valence-corrected chi connectivity index (χ2v) is 5.57. The number of carbonyl (C=O) groups is 1. The highest BCUT2D eigenvalue weighted by Crippen LogP contribution is 2.16. The highest BCUT2D eigenvalue weighted by molar-refractivity contribution is 14.0. The monoisotopic (exact) mass is 446 g/mol. The number of nitrogens with one attached hydrogen (secondary N) is 2. The number of hydrogen-bond donors (Lipinski definition) is 3. The van der Waals surface area contributed by atoms with Crippen LogP contribution in [0.3, 0.4) is 0 Å². The summed E-state index contributed by atoms with van der Waals surface area (Å²) in [6, 6.07) is 3.97. The largest absolute Gasteiger partial charge is 0.370 e. The number of nitrogens with two attached hydrogens (primary N) is 1. The normalized spacial score (nSPS) is 18.0. The zero-order valence-corrected chi connectivity index (χ0v) is 16.4. The summed E-state index contributed by atoms with van der Waals surface area (Å²) in [4.78, 5) is 22.6. The highest BCUT2D eigenvalue weighted by atomic mass is 127. The van der Waals surface area contributed by atoms with Gasteiger partial charge in [-0.05, 0) is 38.1 Å². The number of rotatable bonds is 7. The van der Waals surface area contributed by atoms with Gasteiger partial charge in [-0.25, -0.2) is 0 Å². The molecular formula is C16H27IN6O. The summed E-state index contributed by atoms with van der Waals surface area (Å²) < 4.78 is 0. The van der Waals surface area contributed by atoms with Gasteiger partial charge < -0.3 is 16.4 Å². The van der Waals surface area contributed by atoms with Crippen molar-refractivity contribution in [1.29, 1.82) is 0 Å². The molecule has 0 spiro atoms. The molecule has 8 heteroatoms. The first-order valence-electron chi connectivity index (χ1n) is 8.16. The second-order valence-electron chi connectivity index (χ2n) is 5.57. The molecule has 4 N–H and O–H groups in total. The Labute approximate surface area is 160 Å². The maximum atomic E-state index is 11.8. The van der Waals surface area contributed by atoms with Gasteiger partial charge in [-0.1, -0.05) is 6.92 Å². The number of amides is 1. The molecule has 2 heterocycles. The topological polar surface area (TPSA) is 95.6 Å². The molecule has 1 aromatic rings. The quantitative estimate of drug-likeness (QED) is 0.250. The summed E-state index contributed by atoms with van der Waals surface area (Å²) in [5, 5.41) is 5.83. The molecule has 0 radical (unpaired) electrons. The van der Waals surface area contributed by atoms with E-state index in [9.17, 15) is 4.79 Å². The summed E-state index contributed by atoms with van der Waals surface area (Å²) in [5.41, 5.74) is 6.42. The van der Waals surface area contributed by atoms with E-state index in [0.717, 1.165) is 19.6 Å². The number of pyridine rings is 1. The summed E-state index contributed by atoms with van der Waals surface area (Å²) in [6.07, 6.45) is 5.60. The summed E-state index contributed by atoms with van der Waals surface area (Å²) >= 11 is 0. The van der Waals surface area contributed by atoms with Crippen LogP contribution in [0, 0.1) is 0 Å². The molecule has 7 nitrogen and oxygen atoms in total. The zero-order valence-electron chi connectivity index (χ0n) is 14.1. The molecule has 1 aromatic heterocycles. The van der Waals surface area contributed by atoms with Gasteiger partial charge in [0.15, 0.2) is 5.96 Å². The van der Waals surface area contributed by atoms with Crippen molar-refractivity contribution in [3.05, 3.63) is 30.1 Å². The Hall–Kier alpha value is -1.42. The van der Waals surface area contributed by atoms with E-state index in [0.29, 0.717) is 30.7 Å². The first-order chi connectivity index (χ1) is 11.2. The Morgan fingerprint density at radius 3 is 2.96 bits per heavy atom. The lowest BCUT2D eigenvalue weighted by Gasteiger charge is -2.20. The fourth-order valence-corrected chi connectivity index (χ4v) is 2.74. The number of guanidine groups is 1. The molecule has 0 saturated carbocycles. The number of likely N-dealkylation sites (tertiary alicyclic amines) is 1. The number of halogens is 1. The van der Waals surface area contributed by atoms with E-state index < -0.39 is 0 Å². The van der Waals surface area contributed by atoms with Gasteiger partial charge in [0.05, 0.1) is 12.1 Å². The first-order valence-corrected chi connectivity index (χ1v) is 8.16. The molecule has 1 amide bonds. The van der Waals surface area contributed by atoms with Crippen LogP contribution in [0.2, 0.25) is 0 Å². The van der Waals surface area contributed by atoms with E-state index in [4.69, 9.17) is 5.73 Å². The summed E-state index contributed by atoms with van der Waals surface area (Å²) in [6.45, 7) is 6.15. The van der Waals surface area contributed by atoms with Gasteiger partial charge in [-0.2, -0.15) is 0 Å². The molecule has 1 aliphatic rings. The minimum Gasteiger partial charge on any atom is -0.370 e. The molecule has 0 bridgehead atoms. The van der Waals surface area contributed by atoms with Gasteiger partial charge in [0.2, 0.25) is 0 Å². The van der Waals surface area contributed by atoms with Gasteiger partial charge in [0, 0.05) is 31.5 Å². The van der Waals surface area contributed by atoms with E-state index in [1.165, 1.54) is 12.8 Å². The van der Waals surface area contributed by atoms with Crippen molar-refractivity contribution >= 4 is 35.8 Å². The molecule has 0 aromatic carbocycles. The standard InChI is InChI=1S/C16H26N6O.HI/c1-2-22-10-4-6-14(22)12-21-16(17)20-9-8-19-15(23)13-5-3-7-18-11-13;/h3,5,7,11,14H,2,4,6,8-10,12H2,1H3,(H,19,23)(H3,17,20,21);1H. The van der Waals surface area contributed by atoms with E-state index >= 15 is 0 Å². The Balaban J connectivity index is 0.00000288. The van der Waals surface area contributed by atoms with Crippen LogP contribution in [0.15, 0.2) is 29.5 Å². The number of likely N-dealkylation sites (N-methyl/N-ethyl adjacent to an activating group) is 1. The molecule has 1 atom stereocenters. The number of carbonyl (C=O) groups excluding carboxylic acids is 1. The van der Waals surface area contributed by atoms with Gasteiger partial charge in [0.25, 0.3) is 5.91 Å². The van der Waals surface area contributed by atoms with E-state index in [-0.39, 0.29) is 29.9 Å². The van der Waals surface area contributed by atoms with Crippen molar-refractivity contribution in [2.24, 2.45) is 10.7 Å². The van der Waals surface area contributed by atoms with Crippen LogP contribution in [0.5, 0.6) is 0 Å². The summed E-state index contributed by atoms with van der Waals surface area (Å²) in [7, 11) is 0. The highest BCUT2D eigenvalue weighted by Gasteiger charge is 2.22. The van der Waals surface area contributed by atoms with E-state index in [1.54, 1.807) is 24.5 Å². The zero-order chi connectivity index (χ0) is 16.5. The molecule has 1 saturated heterocycles. The van der Waals surface area contributed by atoms with Crippen molar-refractivity contribution in [1.82, 2.24) is 20.5 Å². The van der Waals surface area contributed by atoms with Crippen molar-refractivity contribution in [3.8, 4) is 0 Å². The number of nitrogens with zero attached hydrogens (tertiary/aromatic N) is 3. The molecule has 2 rings (SSSR count). The first kappa shape index (κ1) is 20.6. The van der Waals surface area contributed by atoms with Crippen molar-refractivity contribution in [2.75, 3.05) is 32.7 Å². The lowest BCUT2D eigenvalue weighted by atomic mass is 10.2. The van der Waals surface area contributed by atoms with Crippen LogP contribution in [-0.4, -0.2) is 60.5 Å². The SMILES string of the molecule is CCN1CCCC1CN=C(N)NCCNC(=O)c1cccnc1.I. The third-order valence-corrected chi connectivity index (χ3v) is 4.02. The van der Waals surface area contributed by atoms with Gasteiger partial charge in [-0.15, -0.1) is 24.0 Å². The van der Waals surface area contributed by atoms with Gasteiger partial charge in [-0.3, -0.25) is 19.7 Å². The predicted octanol–water partition coefficient (Wildman–Crippen LogP) is 0.818. The minimum atomic E-state index is -0.139. The molecular weight excluding hydrogens is 419 g/mol. The fourth-order valence-electron chi connectivity index (χ4n) is 2.74. The van der Waals surface area contributed by atoms with Crippen molar-refractivity contribution in [2.45, 2.75) is 25.8 Å². The van der Waals surface area contributed by atoms with Crippen LogP contribution in [0.4, 0.5) is 0 Å². The third-order valence-electron chi connectivity index (χ3n) is 4.02.